The first-order chi connectivity index (χ1) is 6.65. The zero-order valence-electron chi connectivity index (χ0n) is 8.92. The third kappa shape index (κ3) is 1.94. The van der Waals surface area contributed by atoms with Crippen LogP contribution in [0, 0.1) is 0 Å². The van der Waals surface area contributed by atoms with Crippen molar-refractivity contribution in [2.75, 3.05) is 20.3 Å². The number of rotatable bonds is 3. The molecule has 0 spiro atoms. The molecule has 4 heteroatoms. The quantitative estimate of drug-likeness (QED) is 0.632. The van der Waals surface area contributed by atoms with Crippen molar-refractivity contribution in [3.05, 3.63) is 0 Å². The molecule has 1 saturated heterocycles. The lowest BCUT2D eigenvalue weighted by Crippen LogP contribution is -2.58. The van der Waals surface area contributed by atoms with Crippen LogP contribution in [0.1, 0.15) is 26.2 Å². The van der Waals surface area contributed by atoms with Crippen LogP contribution in [-0.4, -0.2) is 41.0 Å². The summed E-state index contributed by atoms with van der Waals surface area (Å²) < 4.78 is 7.82. The van der Waals surface area contributed by atoms with Gasteiger partial charge in [0.2, 0.25) is 0 Å². The Kier molecular flexibility index (Phi) is 3.36. The lowest BCUT2D eigenvalue weighted by atomic mass is 9.98. The van der Waals surface area contributed by atoms with Gasteiger partial charge in [0.05, 0.1) is 18.8 Å². The monoisotopic (exact) mass is 310 g/mol. The topological polar surface area (TPSA) is 24.5 Å². The Balaban J connectivity index is 1.89. The summed E-state index contributed by atoms with van der Waals surface area (Å²) in [4.78, 5) is 0. The van der Waals surface area contributed by atoms with Crippen LogP contribution in [0.2, 0.25) is 0 Å². The van der Waals surface area contributed by atoms with Crippen molar-refractivity contribution in [1.82, 2.24) is 8.43 Å². The second-order valence-electron chi connectivity index (χ2n) is 4.75. The Hall–Kier alpha value is 0.610. The molecule has 82 valence electrons. The van der Waals surface area contributed by atoms with Crippen molar-refractivity contribution in [1.29, 1.82) is 0 Å². The molecule has 0 bridgehead atoms. The van der Waals surface area contributed by atoms with E-state index in [0.717, 1.165) is 25.3 Å². The smallest absolute Gasteiger partial charge is 0.0746 e. The fourth-order valence-corrected chi connectivity index (χ4v) is 3.17. The molecule has 1 N–H and O–H groups in total. The molecular formula is C10H19IN2O. The number of hydrogen-bond acceptors (Lipinski definition) is 3. The van der Waals surface area contributed by atoms with Crippen LogP contribution < -0.4 is 5.32 Å². The summed E-state index contributed by atoms with van der Waals surface area (Å²) >= 11 is 2.49. The molecule has 2 rings (SSSR count). The Morgan fingerprint density at radius 3 is 2.57 bits per heavy atom. The van der Waals surface area contributed by atoms with Crippen molar-refractivity contribution in [2.45, 2.75) is 43.8 Å². The molecule has 2 unspecified atom stereocenters. The summed E-state index contributed by atoms with van der Waals surface area (Å²) in [6.07, 6.45) is 3.93. The van der Waals surface area contributed by atoms with Gasteiger partial charge in [-0.2, -0.15) is 0 Å². The average molecular weight is 310 g/mol. The van der Waals surface area contributed by atoms with Gasteiger partial charge in [-0.3, -0.25) is 0 Å². The molecule has 2 atom stereocenters. The molecular weight excluding hydrogens is 291 g/mol. The highest BCUT2D eigenvalue weighted by Crippen LogP contribution is 2.36. The second kappa shape index (κ2) is 4.23. The number of ether oxygens (including phenoxy) is 1. The van der Waals surface area contributed by atoms with Crippen molar-refractivity contribution < 1.29 is 4.74 Å². The number of nitrogens with one attached hydrogen (secondary N) is 1. The van der Waals surface area contributed by atoms with E-state index >= 15 is 0 Å². The van der Waals surface area contributed by atoms with Crippen LogP contribution >= 0.6 is 22.9 Å². The lowest BCUT2D eigenvalue weighted by molar-refractivity contribution is -0.0998. The molecule has 1 aliphatic carbocycles. The van der Waals surface area contributed by atoms with E-state index in [4.69, 9.17) is 4.74 Å². The maximum absolute atomic E-state index is 5.31. The first-order valence-corrected chi connectivity index (χ1v) is 6.32. The molecule has 3 nitrogen and oxygen atoms in total. The first-order valence-electron chi connectivity index (χ1n) is 5.36. The zero-order chi connectivity index (χ0) is 10.2. The van der Waals surface area contributed by atoms with E-state index < -0.39 is 0 Å². The molecule has 0 aromatic rings. The van der Waals surface area contributed by atoms with E-state index in [1.165, 1.54) is 19.3 Å². The van der Waals surface area contributed by atoms with Gasteiger partial charge < -0.3 is 10.1 Å². The van der Waals surface area contributed by atoms with E-state index in [-0.39, 0.29) is 0 Å². The molecule has 1 heterocycles. The number of nitrogens with zero attached hydrogens (tertiary/aromatic N) is 1. The Morgan fingerprint density at radius 2 is 2.14 bits per heavy atom. The third-order valence-corrected chi connectivity index (χ3v) is 5.43. The van der Waals surface area contributed by atoms with Crippen molar-refractivity contribution in [3.63, 3.8) is 0 Å². The summed E-state index contributed by atoms with van der Waals surface area (Å²) in [6.45, 7) is 4.10. The van der Waals surface area contributed by atoms with E-state index in [1.54, 1.807) is 0 Å². The SMILES string of the molecule is CNC1CCC(N(I)C2(C)COC2)C1. The summed E-state index contributed by atoms with van der Waals surface area (Å²) in [5.74, 6) is 0. The molecule has 1 saturated carbocycles. The van der Waals surface area contributed by atoms with Crippen molar-refractivity contribution in [3.8, 4) is 0 Å². The predicted molar refractivity (Wildman–Crippen MR) is 65.6 cm³/mol. The predicted octanol–water partition coefficient (Wildman–Crippen LogP) is 1.57. The minimum absolute atomic E-state index is 0.299. The normalized spacial score (nSPS) is 36.0. The lowest BCUT2D eigenvalue weighted by Gasteiger charge is -2.46. The minimum atomic E-state index is 0.299. The molecule has 2 fully saturated rings. The van der Waals surface area contributed by atoms with Crippen LogP contribution in [-0.2, 0) is 4.74 Å². The fraction of sp³-hybridized carbons (Fsp3) is 1.00. The molecule has 0 amide bonds. The summed E-state index contributed by atoms with van der Waals surface area (Å²) in [6, 6.07) is 1.46. The third-order valence-electron chi connectivity index (χ3n) is 3.48. The highest BCUT2D eigenvalue weighted by Gasteiger charge is 2.43. The van der Waals surface area contributed by atoms with Gasteiger partial charge >= 0.3 is 0 Å². The Labute approximate surface area is 100 Å². The zero-order valence-corrected chi connectivity index (χ0v) is 11.1. The Bertz CT molecular complexity index is 208. The fourth-order valence-electron chi connectivity index (χ4n) is 2.39. The van der Waals surface area contributed by atoms with Gasteiger partial charge in [0, 0.05) is 34.9 Å². The van der Waals surface area contributed by atoms with Gasteiger partial charge in [-0.15, -0.1) is 0 Å². The summed E-state index contributed by atoms with van der Waals surface area (Å²) in [7, 11) is 2.07. The molecule has 0 aromatic heterocycles. The standard InChI is InChI=1S/C10H19IN2O/c1-10(6-14-7-10)13(11)9-4-3-8(5-9)12-2/h8-9,12H,3-7H2,1-2H3. The average Bonchev–Trinajstić information content (AvgIpc) is 2.61. The molecule has 0 aromatic carbocycles. The highest BCUT2D eigenvalue weighted by atomic mass is 127. The van der Waals surface area contributed by atoms with Crippen LogP contribution in [0.5, 0.6) is 0 Å². The van der Waals surface area contributed by atoms with Crippen LogP contribution in [0.25, 0.3) is 0 Å². The van der Waals surface area contributed by atoms with Gasteiger partial charge in [-0.05, 0) is 33.2 Å². The number of hydrogen-bond donors (Lipinski definition) is 1. The van der Waals surface area contributed by atoms with Crippen LogP contribution in [0.3, 0.4) is 0 Å². The van der Waals surface area contributed by atoms with Crippen molar-refractivity contribution in [2.24, 2.45) is 0 Å². The maximum Gasteiger partial charge on any atom is 0.0746 e. The Morgan fingerprint density at radius 1 is 1.43 bits per heavy atom. The van der Waals surface area contributed by atoms with Gasteiger partial charge in [0.15, 0.2) is 0 Å². The highest BCUT2D eigenvalue weighted by molar-refractivity contribution is 14.1. The van der Waals surface area contributed by atoms with E-state index in [9.17, 15) is 0 Å². The van der Waals surface area contributed by atoms with E-state index in [1.807, 2.05) is 0 Å². The van der Waals surface area contributed by atoms with E-state index in [2.05, 4.69) is 45.3 Å². The van der Waals surface area contributed by atoms with E-state index in [0.29, 0.717) is 5.54 Å². The van der Waals surface area contributed by atoms with Gasteiger partial charge in [-0.1, -0.05) is 0 Å². The largest absolute Gasteiger partial charge is 0.377 e. The molecule has 1 aliphatic heterocycles. The van der Waals surface area contributed by atoms with Crippen LogP contribution in [0.15, 0.2) is 0 Å². The summed E-state index contributed by atoms with van der Waals surface area (Å²) in [5.41, 5.74) is 0.299. The molecule has 0 radical (unpaired) electrons. The number of halogens is 1. The van der Waals surface area contributed by atoms with Crippen LogP contribution in [0.4, 0.5) is 0 Å². The molecule has 2 aliphatic rings. The maximum atomic E-state index is 5.31. The van der Waals surface area contributed by atoms with Gasteiger partial charge in [0.1, 0.15) is 0 Å². The van der Waals surface area contributed by atoms with Gasteiger partial charge in [-0.25, -0.2) is 3.11 Å². The van der Waals surface area contributed by atoms with Crippen molar-refractivity contribution >= 4 is 22.9 Å². The molecule has 14 heavy (non-hydrogen) atoms. The second-order valence-corrected chi connectivity index (χ2v) is 5.79. The minimum Gasteiger partial charge on any atom is -0.377 e. The first kappa shape index (κ1) is 11.1. The summed E-state index contributed by atoms with van der Waals surface area (Å²) in [5, 5.41) is 3.37. The van der Waals surface area contributed by atoms with Gasteiger partial charge in [0.25, 0.3) is 0 Å².